The molecule has 3 rings (SSSR count). The van der Waals surface area contributed by atoms with Crippen LogP contribution >= 0.6 is 23.5 Å². The second-order valence-corrected chi connectivity index (χ2v) is 8.12. The van der Waals surface area contributed by atoms with Gasteiger partial charge in [-0.05, 0) is 31.4 Å². The number of nitrogens with zero attached hydrogens (tertiary/aromatic N) is 3. The number of hydrogen-bond donors (Lipinski definition) is 1. The van der Waals surface area contributed by atoms with E-state index in [1.54, 1.807) is 0 Å². The topological polar surface area (TPSA) is 68.0 Å². The Hall–Kier alpha value is -0.690. The monoisotopic (exact) mass is 327 g/mol. The molecule has 21 heavy (non-hydrogen) atoms. The lowest BCUT2D eigenvalue weighted by Crippen LogP contribution is -2.19. The van der Waals surface area contributed by atoms with E-state index in [9.17, 15) is 4.79 Å². The number of thioether (sulfide) groups is 2. The van der Waals surface area contributed by atoms with Crippen molar-refractivity contribution in [2.24, 2.45) is 0 Å². The van der Waals surface area contributed by atoms with Crippen molar-refractivity contribution in [1.29, 1.82) is 0 Å². The minimum Gasteiger partial charge on any atom is -0.481 e. The molecular formula is C14H21N3O2S2. The van der Waals surface area contributed by atoms with E-state index in [1.165, 1.54) is 37.4 Å². The number of hydrogen-bond acceptors (Lipinski definition) is 5. The van der Waals surface area contributed by atoms with Crippen LogP contribution in [0.25, 0.3) is 0 Å². The molecule has 0 radical (unpaired) electrons. The summed E-state index contributed by atoms with van der Waals surface area (Å²) in [7, 11) is 0. The lowest BCUT2D eigenvalue weighted by Gasteiger charge is -2.23. The van der Waals surface area contributed by atoms with Gasteiger partial charge in [-0.1, -0.05) is 25.1 Å². The van der Waals surface area contributed by atoms with Gasteiger partial charge < -0.3 is 9.67 Å². The van der Waals surface area contributed by atoms with Crippen molar-refractivity contribution in [3.63, 3.8) is 0 Å². The lowest BCUT2D eigenvalue weighted by atomic mass is 10.2. The summed E-state index contributed by atoms with van der Waals surface area (Å²) in [6, 6.07) is 0.442. The van der Waals surface area contributed by atoms with Gasteiger partial charge in [-0.25, -0.2) is 0 Å². The van der Waals surface area contributed by atoms with E-state index in [2.05, 4.69) is 21.7 Å². The van der Waals surface area contributed by atoms with Gasteiger partial charge in [0.2, 0.25) is 0 Å². The minimum atomic E-state index is -0.798. The van der Waals surface area contributed by atoms with Gasteiger partial charge in [0.05, 0.1) is 5.75 Å². The van der Waals surface area contributed by atoms with Crippen molar-refractivity contribution in [2.75, 3.05) is 11.5 Å². The predicted octanol–water partition coefficient (Wildman–Crippen LogP) is 3.18. The maximum absolute atomic E-state index is 10.8. The highest BCUT2D eigenvalue weighted by molar-refractivity contribution is 8.00. The molecular weight excluding hydrogens is 306 g/mol. The van der Waals surface area contributed by atoms with E-state index in [0.29, 0.717) is 17.2 Å². The Morgan fingerprint density at radius 3 is 2.81 bits per heavy atom. The van der Waals surface area contributed by atoms with Crippen LogP contribution in [0.1, 0.15) is 56.8 Å². The standard InChI is InChI=1S/C14H21N3O2S2/c1-2-20-11-5-3-4-10(11)17-13(9-6-7-9)15-16-14(17)21-8-12(18)19/h9-11H,2-8H2,1H3,(H,18,19). The third kappa shape index (κ3) is 3.39. The Morgan fingerprint density at radius 2 is 2.14 bits per heavy atom. The fourth-order valence-corrected chi connectivity index (χ4v) is 5.02. The molecule has 2 aliphatic rings. The maximum Gasteiger partial charge on any atom is 0.313 e. The quantitative estimate of drug-likeness (QED) is 0.776. The van der Waals surface area contributed by atoms with Gasteiger partial charge in [0.15, 0.2) is 5.16 Å². The highest BCUT2D eigenvalue weighted by Gasteiger charge is 2.37. The summed E-state index contributed by atoms with van der Waals surface area (Å²) in [6.07, 6.45) is 6.04. The summed E-state index contributed by atoms with van der Waals surface area (Å²) < 4.78 is 2.28. The molecule has 1 N–H and O–H groups in total. The fraction of sp³-hybridized carbons (Fsp3) is 0.786. The second-order valence-electron chi connectivity index (χ2n) is 5.66. The van der Waals surface area contributed by atoms with Crippen LogP contribution in [0.5, 0.6) is 0 Å². The van der Waals surface area contributed by atoms with Crippen LogP contribution in [0.4, 0.5) is 0 Å². The molecule has 2 fully saturated rings. The van der Waals surface area contributed by atoms with Crippen LogP contribution < -0.4 is 0 Å². The predicted molar refractivity (Wildman–Crippen MR) is 85.2 cm³/mol. The largest absolute Gasteiger partial charge is 0.481 e. The highest BCUT2D eigenvalue weighted by atomic mass is 32.2. The molecule has 2 unspecified atom stereocenters. The Balaban J connectivity index is 1.86. The van der Waals surface area contributed by atoms with Crippen molar-refractivity contribution in [2.45, 2.75) is 61.4 Å². The normalized spacial score (nSPS) is 25.4. The van der Waals surface area contributed by atoms with Gasteiger partial charge in [-0.2, -0.15) is 11.8 Å². The number of carboxylic acids is 1. The zero-order chi connectivity index (χ0) is 14.8. The van der Waals surface area contributed by atoms with Gasteiger partial charge in [-0.15, -0.1) is 10.2 Å². The van der Waals surface area contributed by atoms with Crippen molar-refractivity contribution in [1.82, 2.24) is 14.8 Å². The Kier molecular flexibility index (Phi) is 4.78. The lowest BCUT2D eigenvalue weighted by molar-refractivity contribution is -0.133. The second kappa shape index (κ2) is 6.60. The molecule has 2 aliphatic carbocycles. The van der Waals surface area contributed by atoms with Gasteiger partial charge in [0, 0.05) is 17.2 Å². The first-order chi connectivity index (χ1) is 10.2. The Bertz CT molecular complexity index is 516. The average Bonchev–Trinajstić information content (AvgIpc) is 3.06. The zero-order valence-corrected chi connectivity index (χ0v) is 13.8. The summed E-state index contributed by atoms with van der Waals surface area (Å²) in [4.78, 5) is 10.8. The fourth-order valence-electron chi connectivity index (χ4n) is 3.05. The van der Waals surface area contributed by atoms with Crippen LogP contribution in [-0.2, 0) is 4.79 Å². The molecule has 0 spiro atoms. The molecule has 0 amide bonds. The number of aromatic nitrogens is 3. The summed E-state index contributed by atoms with van der Waals surface area (Å²) in [5.41, 5.74) is 0. The average molecular weight is 327 g/mol. The maximum atomic E-state index is 10.8. The van der Waals surface area contributed by atoms with E-state index in [4.69, 9.17) is 5.11 Å². The molecule has 2 saturated carbocycles. The van der Waals surface area contributed by atoms with E-state index >= 15 is 0 Å². The zero-order valence-electron chi connectivity index (χ0n) is 12.2. The van der Waals surface area contributed by atoms with Gasteiger partial charge in [0.1, 0.15) is 5.82 Å². The number of carboxylic acid groups (broad SMARTS) is 1. The molecule has 1 aromatic heterocycles. The van der Waals surface area contributed by atoms with Crippen molar-refractivity contribution >= 4 is 29.5 Å². The molecule has 7 heteroatoms. The third-order valence-electron chi connectivity index (χ3n) is 4.09. The molecule has 0 aromatic carbocycles. The molecule has 5 nitrogen and oxygen atoms in total. The van der Waals surface area contributed by atoms with Crippen LogP contribution in [-0.4, -0.2) is 42.6 Å². The Labute approximate surface area is 133 Å². The van der Waals surface area contributed by atoms with Gasteiger partial charge >= 0.3 is 5.97 Å². The smallest absolute Gasteiger partial charge is 0.313 e. The molecule has 1 heterocycles. The van der Waals surface area contributed by atoms with E-state index in [0.717, 1.165) is 23.2 Å². The molecule has 0 bridgehead atoms. The molecule has 2 atom stereocenters. The SMILES string of the molecule is CCSC1CCCC1n1c(SCC(=O)O)nnc1C1CC1. The first-order valence-electron chi connectivity index (χ1n) is 7.61. The van der Waals surface area contributed by atoms with E-state index in [1.807, 2.05) is 11.8 Å². The van der Waals surface area contributed by atoms with E-state index < -0.39 is 5.97 Å². The number of aliphatic carboxylic acids is 1. The van der Waals surface area contributed by atoms with Gasteiger partial charge in [0.25, 0.3) is 0 Å². The molecule has 1 aromatic rings. The molecule has 116 valence electrons. The molecule has 0 saturated heterocycles. The summed E-state index contributed by atoms with van der Waals surface area (Å²) in [6.45, 7) is 2.20. The van der Waals surface area contributed by atoms with Crippen molar-refractivity contribution in [3.05, 3.63) is 5.82 Å². The van der Waals surface area contributed by atoms with Gasteiger partial charge in [-0.3, -0.25) is 4.79 Å². The minimum absolute atomic E-state index is 0.0567. The van der Waals surface area contributed by atoms with Crippen molar-refractivity contribution in [3.8, 4) is 0 Å². The van der Waals surface area contributed by atoms with E-state index in [-0.39, 0.29) is 5.75 Å². The summed E-state index contributed by atoms with van der Waals surface area (Å²) in [5, 5.41) is 19.0. The van der Waals surface area contributed by atoms with Crippen LogP contribution in [0.15, 0.2) is 5.16 Å². The Morgan fingerprint density at radius 1 is 1.33 bits per heavy atom. The van der Waals surface area contributed by atoms with Crippen LogP contribution in [0, 0.1) is 0 Å². The molecule has 0 aliphatic heterocycles. The first-order valence-corrected chi connectivity index (χ1v) is 9.65. The summed E-state index contributed by atoms with van der Waals surface area (Å²) >= 11 is 3.33. The van der Waals surface area contributed by atoms with Crippen molar-refractivity contribution < 1.29 is 9.90 Å². The number of carbonyl (C=O) groups is 1. The van der Waals surface area contributed by atoms with Crippen LogP contribution in [0.2, 0.25) is 0 Å². The van der Waals surface area contributed by atoms with Crippen LogP contribution in [0.3, 0.4) is 0 Å². The number of rotatable bonds is 7. The third-order valence-corrected chi connectivity index (χ3v) is 6.33. The summed E-state index contributed by atoms with van der Waals surface area (Å²) in [5.74, 6) is 2.02. The highest BCUT2D eigenvalue weighted by Crippen LogP contribution is 2.46. The first kappa shape index (κ1) is 15.2.